The Hall–Kier alpha value is -3.77. The van der Waals surface area contributed by atoms with Crippen LogP contribution in [0, 0.1) is 5.92 Å². The van der Waals surface area contributed by atoms with Gasteiger partial charge >= 0.3 is 0 Å². The molecule has 0 radical (unpaired) electrons. The van der Waals surface area contributed by atoms with Crippen LogP contribution in [-0.2, 0) is 34.4 Å². The number of benzene rings is 2. The normalized spacial score (nSPS) is 17.5. The molecule has 0 bridgehead atoms. The summed E-state index contributed by atoms with van der Waals surface area (Å²) in [6.45, 7) is 0. The van der Waals surface area contributed by atoms with E-state index in [-0.39, 0.29) is 26.3 Å². The van der Waals surface area contributed by atoms with Crippen LogP contribution in [0.5, 0.6) is 0 Å². The molecule has 14 nitrogen and oxygen atoms in total. The van der Waals surface area contributed by atoms with Crippen LogP contribution >= 0.6 is 12.2 Å². The quantitative estimate of drug-likeness (QED) is 0.121. The third-order valence-corrected chi connectivity index (χ3v) is 6.54. The Morgan fingerprint density at radius 1 is 0.914 bits per heavy atom. The number of carbonyl (C=O) groups excluding carboxylic acids is 3. The van der Waals surface area contributed by atoms with Gasteiger partial charge in [-0.3, -0.25) is 19.8 Å². The Morgan fingerprint density at radius 3 is 1.86 bits per heavy atom. The van der Waals surface area contributed by atoms with Crippen molar-refractivity contribution in [1.29, 1.82) is 0 Å². The molecule has 3 amide bonds. The molecule has 1 fully saturated rings. The highest BCUT2D eigenvalue weighted by molar-refractivity contribution is 7.89. The molecular formula is C18H17N7O7S3. The maximum Gasteiger partial charge on any atom is 0.282 e. The van der Waals surface area contributed by atoms with Crippen molar-refractivity contribution in [3.05, 3.63) is 48.5 Å². The average molecular weight is 540 g/mol. The molecule has 1 atom stereocenters. The fourth-order valence-corrected chi connectivity index (χ4v) is 4.10. The zero-order valence-electron chi connectivity index (χ0n) is 17.4. The summed E-state index contributed by atoms with van der Waals surface area (Å²) in [4.78, 5) is 39.2. The lowest BCUT2D eigenvalue weighted by atomic mass is 10.0. The minimum absolute atomic E-state index is 0.0526. The van der Waals surface area contributed by atoms with Crippen molar-refractivity contribution in [1.82, 2.24) is 5.43 Å². The lowest BCUT2D eigenvalue weighted by Crippen LogP contribution is -2.35. The second-order valence-electron chi connectivity index (χ2n) is 6.98. The van der Waals surface area contributed by atoms with E-state index in [1.807, 2.05) is 0 Å². The van der Waals surface area contributed by atoms with Crippen molar-refractivity contribution >= 4 is 72.2 Å². The van der Waals surface area contributed by atoms with Crippen molar-refractivity contribution in [2.24, 2.45) is 27.0 Å². The van der Waals surface area contributed by atoms with Gasteiger partial charge in [-0.05, 0) is 60.7 Å². The standard InChI is InChI=1S/C18H17N7O7S3/c19-18(33)24-23-14-13(15(26)22-9-1-5-11(6-2-9)34(20,29)30)16(27)25(17(14)28)10-3-7-12(8-4-10)35(21,31)32/h1-8,13H,(H,22,26)(H3,19,24,33)(H2,20,29,30)(H2,21,31,32)/b23-14+/t13-/m0/s1. The Morgan fingerprint density at radius 2 is 1.40 bits per heavy atom. The Labute approximate surface area is 204 Å². The zero-order valence-corrected chi connectivity index (χ0v) is 19.9. The predicted octanol–water partition coefficient (Wildman–Crippen LogP) is -1.70. The van der Waals surface area contributed by atoms with Crippen molar-refractivity contribution in [3.8, 4) is 0 Å². The van der Waals surface area contributed by atoms with E-state index in [0.29, 0.717) is 4.90 Å². The molecule has 0 aliphatic carbocycles. The number of amides is 3. The summed E-state index contributed by atoms with van der Waals surface area (Å²) < 4.78 is 45.7. The van der Waals surface area contributed by atoms with Gasteiger partial charge in [0.15, 0.2) is 11.0 Å². The van der Waals surface area contributed by atoms with Gasteiger partial charge in [-0.25, -0.2) is 32.0 Å². The lowest BCUT2D eigenvalue weighted by Gasteiger charge is -2.14. The van der Waals surface area contributed by atoms with Crippen LogP contribution in [-0.4, -0.2) is 45.4 Å². The van der Waals surface area contributed by atoms with E-state index in [0.717, 1.165) is 36.4 Å². The fraction of sp³-hybridized carbons (Fsp3) is 0.0556. The topological polar surface area (TPSA) is 237 Å². The van der Waals surface area contributed by atoms with Crippen LogP contribution in [0.3, 0.4) is 0 Å². The van der Waals surface area contributed by atoms with E-state index in [2.05, 4.69) is 28.1 Å². The number of sulfonamides is 2. The SMILES string of the molecule is NC(=S)N/N=C1/C(=O)N(c2ccc(S(N)(=O)=O)cc2)C(=O)[C@@H]1C(=O)Nc1ccc(S(N)(=O)=O)cc1. The molecule has 2 aromatic rings. The molecule has 1 heterocycles. The van der Waals surface area contributed by atoms with Crippen LogP contribution in [0.25, 0.3) is 0 Å². The Bertz CT molecular complexity index is 1470. The van der Waals surface area contributed by atoms with Crippen LogP contribution in [0.2, 0.25) is 0 Å². The number of hydrogen-bond acceptors (Lipinski definition) is 9. The van der Waals surface area contributed by atoms with Gasteiger partial charge in [-0.2, -0.15) is 5.10 Å². The molecule has 35 heavy (non-hydrogen) atoms. The average Bonchev–Trinajstić information content (AvgIpc) is 3.00. The van der Waals surface area contributed by atoms with Crippen LogP contribution in [0.1, 0.15) is 0 Å². The first-order valence-electron chi connectivity index (χ1n) is 9.28. The number of hydrogen-bond donors (Lipinski definition) is 5. The lowest BCUT2D eigenvalue weighted by molar-refractivity contribution is -0.127. The number of imide groups is 1. The molecule has 3 rings (SSSR count). The summed E-state index contributed by atoms with van der Waals surface area (Å²) in [5, 5.41) is 15.8. The van der Waals surface area contributed by atoms with E-state index >= 15 is 0 Å². The van der Waals surface area contributed by atoms with Crippen LogP contribution in [0.4, 0.5) is 11.4 Å². The second kappa shape index (κ2) is 9.47. The summed E-state index contributed by atoms with van der Waals surface area (Å²) in [6.07, 6.45) is 0. The summed E-state index contributed by atoms with van der Waals surface area (Å²) in [5.74, 6) is -4.72. The minimum atomic E-state index is -4.03. The Balaban J connectivity index is 1.95. The van der Waals surface area contributed by atoms with E-state index in [1.165, 1.54) is 12.1 Å². The van der Waals surface area contributed by atoms with Crippen molar-refractivity contribution in [3.63, 3.8) is 0 Å². The highest BCUT2D eigenvalue weighted by Crippen LogP contribution is 2.27. The number of nitrogens with zero attached hydrogens (tertiary/aromatic N) is 2. The highest BCUT2D eigenvalue weighted by Gasteiger charge is 2.50. The molecule has 17 heteroatoms. The maximum absolute atomic E-state index is 13.1. The Kier molecular flexibility index (Phi) is 6.99. The van der Waals surface area contributed by atoms with Crippen molar-refractivity contribution in [2.75, 3.05) is 10.2 Å². The summed E-state index contributed by atoms with van der Waals surface area (Å²) in [5.41, 5.74) is 6.98. The molecule has 0 aromatic heterocycles. The van der Waals surface area contributed by atoms with Crippen molar-refractivity contribution < 1.29 is 31.2 Å². The molecule has 1 aliphatic heterocycles. The van der Waals surface area contributed by atoms with Gasteiger partial charge in [0, 0.05) is 5.69 Å². The monoisotopic (exact) mass is 539 g/mol. The summed E-state index contributed by atoms with van der Waals surface area (Å²) in [6, 6.07) is 9.19. The molecular weight excluding hydrogens is 522 g/mol. The highest BCUT2D eigenvalue weighted by atomic mass is 32.2. The van der Waals surface area contributed by atoms with E-state index in [4.69, 9.17) is 16.0 Å². The van der Waals surface area contributed by atoms with Crippen molar-refractivity contribution in [2.45, 2.75) is 9.79 Å². The number of rotatable bonds is 6. The number of nitrogens with two attached hydrogens (primary N) is 3. The smallest absolute Gasteiger partial charge is 0.282 e. The number of anilines is 2. The first-order chi connectivity index (χ1) is 16.2. The third-order valence-electron chi connectivity index (χ3n) is 4.59. The third kappa shape index (κ3) is 5.66. The molecule has 8 N–H and O–H groups in total. The number of thiocarbonyl (C=S) groups is 1. The van der Waals surface area contributed by atoms with E-state index in [9.17, 15) is 31.2 Å². The summed E-state index contributed by atoms with van der Waals surface area (Å²) >= 11 is 4.64. The van der Waals surface area contributed by atoms with E-state index < -0.39 is 49.4 Å². The summed E-state index contributed by atoms with van der Waals surface area (Å²) in [7, 11) is -8.00. The van der Waals surface area contributed by atoms with Gasteiger partial charge in [0.2, 0.25) is 26.0 Å². The number of primary sulfonamides is 2. The van der Waals surface area contributed by atoms with Gasteiger partial charge in [0.25, 0.3) is 11.8 Å². The van der Waals surface area contributed by atoms with Gasteiger partial charge in [-0.15, -0.1) is 0 Å². The predicted molar refractivity (Wildman–Crippen MR) is 128 cm³/mol. The second-order valence-corrected chi connectivity index (χ2v) is 10.5. The van der Waals surface area contributed by atoms with Crippen LogP contribution in [0.15, 0.2) is 63.4 Å². The number of hydrazone groups is 1. The maximum atomic E-state index is 13.1. The van der Waals surface area contributed by atoms with Gasteiger partial charge in [0.1, 0.15) is 5.71 Å². The van der Waals surface area contributed by atoms with Gasteiger partial charge in [0.05, 0.1) is 15.5 Å². The molecule has 0 spiro atoms. The first-order valence-corrected chi connectivity index (χ1v) is 12.8. The first kappa shape index (κ1) is 25.8. The molecule has 0 saturated carbocycles. The fourth-order valence-electron chi connectivity index (χ4n) is 3.02. The number of nitrogens with one attached hydrogen (secondary N) is 2. The van der Waals surface area contributed by atoms with E-state index in [1.54, 1.807) is 0 Å². The molecule has 184 valence electrons. The largest absolute Gasteiger partial charge is 0.375 e. The van der Waals surface area contributed by atoms with Crippen LogP contribution < -0.4 is 31.7 Å². The molecule has 2 aromatic carbocycles. The van der Waals surface area contributed by atoms with Gasteiger partial charge in [-0.1, -0.05) is 0 Å². The molecule has 1 saturated heterocycles. The molecule has 1 aliphatic rings. The number of carbonyl (C=O) groups is 3. The zero-order chi connectivity index (χ0) is 26.1. The minimum Gasteiger partial charge on any atom is -0.375 e. The van der Waals surface area contributed by atoms with Gasteiger partial charge < -0.3 is 11.1 Å². The molecule has 0 unspecified atom stereocenters.